The second-order valence-electron chi connectivity index (χ2n) is 7.09. The van der Waals surface area contributed by atoms with Crippen LogP contribution in [0.4, 0.5) is 9.52 Å². The van der Waals surface area contributed by atoms with Crippen molar-refractivity contribution < 1.29 is 18.3 Å². The van der Waals surface area contributed by atoms with Crippen LogP contribution in [-0.4, -0.2) is 49.6 Å². The summed E-state index contributed by atoms with van der Waals surface area (Å²) < 4.78 is 25.8. The molecule has 0 fully saturated rings. The minimum absolute atomic E-state index is 0.210. The van der Waals surface area contributed by atoms with E-state index in [-0.39, 0.29) is 17.5 Å². The number of anilines is 1. The summed E-state index contributed by atoms with van der Waals surface area (Å²) in [5.41, 5.74) is 1.20. The maximum Gasteiger partial charge on any atom is 0.295 e. The molecule has 0 unspecified atom stereocenters. The van der Waals surface area contributed by atoms with Crippen molar-refractivity contribution in [1.29, 1.82) is 0 Å². The van der Waals surface area contributed by atoms with Crippen molar-refractivity contribution in [2.45, 2.75) is 6.92 Å². The fourth-order valence-corrected chi connectivity index (χ4v) is 4.14. The van der Waals surface area contributed by atoms with E-state index in [1.54, 1.807) is 17.0 Å². The van der Waals surface area contributed by atoms with Crippen LogP contribution in [0.3, 0.4) is 0 Å². The molecule has 0 saturated carbocycles. The van der Waals surface area contributed by atoms with Crippen LogP contribution >= 0.6 is 11.3 Å². The lowest BCUT2D eigenvalue weighted by Gasteiger charge is -2.20. The maximum atomic E-state index is 13.6. The normalized spacial score (nSPS) is 11.5. The summed E-state index contributed by atoms with van der Waals surface area (Å²) in [6.45, 7) is 3.46. The minimum Gasteiger partial charge on any atom is -0.490 e. The fraction of sp³-hybridized carbons (Fsp3) is 0.273. The number of carbonyl (C=O) groups is 1. The Morgan fingerprint density at radius 1 is 1.20 bits per heavy atom. The van der Waals surface area contributed by atoms with Crippen LogP contribution in [0.1, 0.15) is 17.5 Å². The van der Waals surface area contributed by atoms with Gasteiger partial charge in [0.25, 0.3) is 5.91 Å². The van der Waals surface area contributed by atoms with Gasteiger partial charge in [0.05, 0.1) is 16.8 Å². The van der Waals surface area contributed by atoms with Gasteiger partial charge in [-0.05, 0) is 51.4 Å². The standard InChI is InChI=1S/C22H22FN3O3S/c1-4-28-17-7-5-6-14-12-18(29-20(14)17)21(27)26(11-10-25(2)3)22-24-16-9-8-15(23)13-19(16)30-22/h5-9,12-13H,4,10-11H2,1-3H3. The number of benzene rings is 2. The molecular formula is C22H22FN3O3S. The van der Waals surface area contributed by atoms with Crippen LogP contribution in [-0.2, 0) is 0 Å². The van der Waals surface area contributed by atoms with E-state index in [1.807, 2.05) is 44.1 Å². The highest BCUT2D eigenvalue weighted by molar-refractivity contribution is 7.22. The molecule has 0 spiro atoms. The number of carbonyl (C=O) groups excluding carboxylic acids is 1. The molecule has 0 N–H and O–H groups in total. The molecule has 0 aliphatic carbocycles. The van der Waals surface area contributed by atoms with Gasteiger partial charge >= 0.3 is 0 Å². The predicted molar refractivity (Wildman–Crippen MR) is 117 cm³/mol. The molecule has 156 valence electrons. The number of aromatic nitrogens is 1. The summed E-state index contributed by atoms with van der Waals surface area (Å²) in [5.74, 6) is 0.185. The van der Waals surface area contributed by atoms with E-state index in [1.165, 1.54) is 23.5 Å². The first-order valence-corrected chi connectivity index (χ1v) is 10.5. The van der Waals surface area contributed by atoms with Gasteiger partial charge in [-0.1, -0.05) is 23.5 Å². The third-order valence-corrected chi connectivity index (χ3v) is 5.65. The first-order chi connectivity index (χ1) is 14.5. The van der Waals surface area contributed by atoms with Crippen molar-refractivity contribution in [3.8, 4) is 5.75 Å². The molecule has 0 bridgehead atoms. The van der Waals surface area contributed by atoms with Gasteiger partial charge in [0, 0.05) is 18.5 Å². The average Bonchev–Trinajstić information content (AvgIpc) is 3.32. The number of hydrogen-bond acceptors (Lipinski definition) is 6. The van der Waals surface area contributed by atoms with Gasteiger partial charge in [-0.2, -0.15) is 0 Å². The van der Waals surface area contributed by atoms with Gasteiger partial charge in [0.15, 0.2) is 22.2 Å². The summed E-state index contributed by atoms with van der Waals surface area (Å²) in [6.07, 6.45) is 0. The monoisotopic (exact) mass is 427 g/mol. The molecule has 2 aromatic heterocycles. The van der Waals surface area contributed by atoms with E-state index in [9.17, 15) is 9.18 Å². The molecule has 2 heterocycles. The highest BCUT2D eigenvalue weighted by Gasteiger charge is 2.25. The van der Waals surface area contributed by atoms with Crippen molar-refractivity contribution in [3.63, 3.8) is 0 Å². The topological polar surface area (TPSA) is 58.8 Å². The number of likely N-dealkylation sites (N-methyl/N-ethyl adjacent to an activating group) is 1. The predicted octanol–water partition coefficient (Wildman–Crippen LogP) is 4.79. The summed E-state index contributed by atoms with van der Waals surface area (Å²) >= 11 is 1.28. The third-order valence-electron chi connectivity index (χ3n) is 4.60. The fourth-order valence-electron chi connectivity index (χ4n) is 3.13. The lowest BCUT2D eigenvalue weighted by molar-refractivity contribution is 0.0960. The Morgan fingerprint density at radius 2 is 2.03 bits per heavy atom. The molecule has 0 radical (unpaired) electrons. The molecule has 0 aliphatic rings. The Bertz CT molecular complexity index is 1200. The summed E-state index contributed by atoms with van der Waals surface area (Å²) in [7, 11) is 3.87. The molecule has 8 heteroatoms. The van der Waals surface area contributed by atoms with Crippen LogP contribution in [0.5, 0.6) is 5.75 Å². The van der Waals surface area contributed by atoms with Crippen LogP contribution in [0.25, 0.3) is 21.2 Å². The second-order valence-corrected chi connectivity index (χ2v) is 8.10. The van der Waals surface area contributed by atoms with Gasteiger partial charge in [-0.15, -0.1) is 0 Å². The number of nitrogens with zero attached hydrogens (tertiary/aromatic N) is 3. The SMILES string of the molecule is CCOc1cccc2cc(C(=O)N(CCN(C)C)c3nc4ccc(F)cc4s3)oc12. The van der Waals surface area contributed by atoms with Gasteiger partial charge in [-0.3, -0.25) is 9.69 Å². The zero-order valence-corrected chi connectivity index (χ0v) is 17.8. The maximum absolute atomic E-state index is 13.6. The number of thiazole rings is 1. The largest absolute Gasteiger partial charge is 0.490 e. The number of para-hydroxylation sites is 1. The number of rotatable bonds is 7. The quantitative estimate of drug-likeness (QED) is 0.424. The molecule has 1 amide bonds. The van der Waals surface area contributed by atoms with E-state index in [4.69, 9.17) is 9.15 Å². The Balaban J connectivity index is 1.73. The van der Waals surface area contributed by atoms with Crippen molar-refractivity contribution in [3.05, 3.63) is 54.0 Å². The number of fused-ring (bicyclic) bond motifs is 2. The van der Waals surface area contributed by atoms with Gasteiger partial charge in [0.1, 0.15) is 5.82 Å². The van der Waals surface area contributed by atoms with Gasteiger partial charge in [-0.25, -0.2) is 9.37 Å². The summed E-state index contributed by atoms with van der Waals surface area (Å²) in [4.78, 5) is 21.5. The van der Waals surface area contributed by atoms with E-state index in [0.29, 0.717) is 46.4 Å². The molecular weight excluding hydrogens is 405 g/mol. The van der Waals surface area contributed by atoms with E-state index < -0.39 is 0 Å². The number of furan rings is 1. The van der Waals surface area contributed by atoms with Crippen molar-refractivity contribution in [2.24, 2.45) is 0 Å². The zero-order chi connectivity index (χ0) is 21.3. The molecule has 6 nitrogen and oxygen atoms in total. The smallest absolute Gasteiger partial charge is 0.295 e. The number of ether oxygens (including phenoxy) is 1. The van der Waals surface area contributed by atoms with E-state index >= 15 is 0 Å². The lowest BCUT2D eigenvalue weighted by Crippen LogP contribution is -2.36. The zero-order valence-electron chi connectivity index (χ0n) is 17.0. The molecule has 0 aliphatic heterocycles. The van der Waals surface area contributed by atoms with Crippen molar-refractivity contribution >= 4 is 43.6 Å². The molecule has 0 saturated heterocycles. The Kier molecular flexibility index (Phi) is 5.69. The number of halogens is 1. The minimum atomic E-state index is -0.329. The van der Waals surface area contributed by atoms with E-state index in [0.717, 1.165) is 5.39 Å². The molecule has 4 aromatic rings. The lowest BCUT2D eigenvalue weighted by atomic mass is 10.2. The van der Waals surface area contributed by atoms with Crippen LogP contribution in [0.2, 0.25) is 0 Å². The van der Waals surface area contributed by atoms with Gasteiger partial charge in [0.2, 0.25) is 0 Å². The van der Waals surface area contributed by atoms with Crippen LogP contribution in [0, 0.1) is 5.82 Å². The van der Waals surface area contributed by atoms with Gasteiger partial charge < -0.3 is 14.1 Å². The van der Waals surface area contributed by atoms with Crippen molar-refractivity contribution in [2.75, 3.05) is 38.7 Å². The summed E-state index contributed by atoms with van der Waals surface area (Å²) in [6, 6.07) is 11.7. The molecule has 0 atom stereocenters. The highest BCUT2D eigenvalue weighted by atomic mass is 32.1. The van der Waals surface area contributed by atoms with Crippen LogP contribution in [0.15, 0.2) is 46.9 Å². The van der Waals surface area contributed by atoms with Crippen LogP contribution < -0.4 is 9.64 Å². The summed E-state index contributed by atoms with van der Waals surface area (Å²) in [5, 5.41) is 1.30. The average molecular weight is 428 g/mol. The number of hydrogen-bond donors (Lipinski definition) is 0. The van der Waals surface area contributed by atoms with Crippen molar-refractivity contribution in [1.82, 2.24) is 9.88 Å². The molecule has 4 rings (SSSR count). The first-order valence-electron chi connectivity index (χ1n) is 9.64. The molecule has 2 aromatic carbocycles. The molecule has 30 heavy (non-hydrogen) atoms. The highest BCUT2D eigenvalue weighted by Crippen LogP contribution is 2.33. The number of amides is 1. The first kappa shape index (κ1) is 20.3. The third kappa shape index (κ3) is 4.01. The second kappa shape index (κ2) is 8.41. The Morgan fingerprint density at radius 3 is 2.80 bits per heavy atom. The Labute approximate surface area is 177 Å². The van der Waals surface area contributed by atoms with E-state index in [2.05, 4.69) is 4.98 Å². The Hall–Kier alpha value is -2.97.